The van der Waals surface area contributed by atoms with E-state index in [9.17, 15) is 22.8 Å². The minimum atomic E-state index is -4.75. The number of unbranched alkanes of at least 4 members (excludes halogenated alkanes) is 1. The molecule has 0 saturated carbocycles. The van der Waals surface area contributed by atoms with E-state index in [1.165, 1.54) is 0 Å². The zero-order valence-electron chi connectivity index (χ0n) is 5.65. The van der Waals surface area contributed by atoms with Crippen LogP contribution in [0, 0.1) is 0 Å². The Bertz CT molecular complexity index is 150. The van der Waals surface area contributed by atoms with Crippen LogP contribution in [0.15, 0.2) is 0 Å². The number of hydrogen-bond donors (Lipinski definition) is 0. The van der Waals surface area contributed by atoms with Crippen LogP contribution >= 0.6 is 0 Å². The fraction of sp³-hybridized carbons (Fsp3) is 0.667. The van der Waals surface area contributed by atoms with Gasteiger partial charge in [0.2, 0.25) is 5.78 Å². The molecule has 0 fully saturated rings. The van der Waals surface area contributed by atoms with Crippen LogP contribution in [-0.2, 0) is 9.59 Å². The maximum atomic E-state index is 11.4. The Kier molecular flexibility index (Phi) is 3.78. The second-order valence-electron chi connectivity index (χ2n) is 1.98. The molecule has 0 unspecified atom stereocenters. The lowest BCUT2D eigenvalue weighted by Gasteiger charge is -2.02. The van der Waals surface area contributed by atoms with Gasteiger partial charge in [0, 0.05) is 12.8 Å². The zero-order chi connectivity index (χ0) is 8.91. The number of carbonyl (C=O) groups is 2. The molecule has 5 heteroatoms. The van der Waals surface area contributed by atoms with Gasteiger partial charge in [-0.05, 0) is 6.42 Å². The molecule has 0 amide bonds. The molecular weight excluding hydrogens is 161 g/mol. The Morgan fingerprint density at radius 1 is 1.36 bits per heavy atom. The zero-order valence-corrected chi connectivity index (χ0v) is 5.65. The molecule has 0 N–H and O–H groups in total. The van der Waals surface area contributed by atoms with Gasteiger partial charge in [-0.1, -0.05) is 0 Å². The van der Waals surface area contributed by atoms with Crippen molar-refractivity contribution in [2.24, 2.45) is 0 Å². The number of carbonyl (C=O) groups excluding carboxylic acids is 2. The molecule has 0 saturated heterocycles. The van der Waals surface area contributed by atoms with E-state index in [4.69, 9.17) is 0 Å². The maximum absolute atomic E-state index is 11.4. The van der Waals surface area contributed by atoms with Gasteiger partial charge in [-0.3, -0.25) is 4.79 Å². The van der Waals surface area contributed by atoms with Crippen molar-refractivity contribution in [2.75, 3.05) is 0 Å². The summed E-state index contributed by atoms with van der Waals surface area (Å²) in [6.45, 7) is 0. The largest absolute Gasteiger partial charge is 0.449 e. The minimum absolute atomic E-state index is 0.00181. The third-order valence-electron chi connectivity index (χ3n) is 1.04. The minimum Gasteiger partial charge on any atom is -0.303 e. The van der Waals surface area contributed by atoms with Crippen LogP contribution in [0.2, 0.25) is 0 Å². The number of rotatable bonds is 4. The quantitative estimate of drug-likeness (QED) is 0.470. The molecular formula is C6H7F3O2. The lowest BCUT2D eigenvalue weighted by Crippen LogP contribution is -2.22. The van der Waals surface area contributed by atoms with Crippen molar-refractivity contribution in [2.45, 2.75) is 25.4 Å². The summed E-state index contributed by atoms with van der Waals surface area (Å²) in [5.74, 6) is -1.76. The molecule has 0 heterocycles. The van der Waals surface area contributed by atoms with E-state index in [2.05, 4.69) is 0 Å². The predicted molar refractivity (Wildman–Crippen MR) is 31.0 cm³/mol. The molecule has 0 spiro atoms. The Labute approximate surface area is 61.4 Å². The molecule has 0 radical (unpaired) electrons. The van der Waals surface area contributed by atoms with Gasteiger partial charge < -0.3 is 4.79 Å². The maximum Gasteiger partial charge on any atom is 0.449 e. The highest BCUT2D eigenvalue weighted by Crippen LogP contribution is 2.18. The molecule has 0 atom stereocenters. The highest BCUT2D eigenvalue weighted by atomic mass is 19.4. The van der Waals surface area contributed by atoms with Crippen LogP contribution in [-0.4, -0.2) is 18.2 Å². The van der Waals surface area contributed by atoms with Crippen LogP contribution in [0.3, 0.4) is 0 Å². The number of Topliss-reactive ketones (excluding diaryl/α,β-unsaturated/α-hetero) is 1. The van der Waals surface area contributed by atoms with Gasteiger partial charge in [0.05, 0.1) is 0 Å². The van der Waals surface area contributed by atoms with Crippen LogP contribution < -0.4 is 0 Å². The van der Waals surface area contributed by atoms with Crippen molar-refractivity contribution in [1.29, 1.82) is 0 Å². The van der Waals surface area contributed by atoms with E-state index in [1.807, 2.05) is 0 Å². The monoisotopic (exact) mass is 168 g/mol. The highest BCUT2D eigenvalue weighted by Gasteiger charge is 2.36. The Balaban J connectivity index is 3.62. The first-order valence-electron chi connectivity index (χ1n) is 3.02. The lowest BCUT2D eigenvalue weighted by molar-refractivity contribution is -0.171. The highest BCUT2D eigenvalue weighted by molar-refractivity contribution is 5.84. The molecule has 0 aromatic rings. The van der Waals surface area contributed by atoms with Crippen molar-refractivity contribution >= 4 is 12.1 Å². The molecule has 11 heavy (non-hydrogen) atoms. The summed E-state index contributed by atoms with van der Waals surface area (Å²) in [6.07, 6.45) is -4.88. The standard InChI is InChI=1S/C6H7F3O2/c7-6(8,9)5(11)3-1-2-4-10/h4H,1-3H2. The molecule has 0 aliphatic heterocycles. The van der Waals surface area contributed by atoms with E-state index in [1.54, 1.807) is 0 Å². The summed E-state index contributed by atoms with van der Waals surface area (Å²) in [5.41, 5.74) is 0. The summed E-state index contributed by atoms with van der Waals surface area (Å²) in [6, 6.07) is 0. The van der Waals surface area contributed by atoms with Gasteiger partial charge >= 0.3 is 6.18 Å². The second-order valence-corrected chi connectivity index (χ2v) is 1.98. The molecule has 0 rings (SSSR count). The summed E-state index contributed by atoms with van der Waals surface area (Å²) in [4.78, 5) is 19.7. The number of ketones is 1. The summed E-state index contributed by atoms with van der Waals surface area (Å²) >= 11 is 0. The van der Waals surface area contributed by atoms with Gasteiger partial charge in [0.25, 0.3) is 0 Å². The molecule has 64 valence electrons. The fourth-order valence-corrected chi connectivity index (χ4v) is 0.488. The van der Waals surface area contributed by atoms with Crippen LogP contribution in [0.4, 0.5) is 13.2 Å². The predicted octanol–water partition coefficient (Wildman–Crippen LogP) is 1.49. The average molecular weight is 168 g/mol. The summed E-state index contributed by atoms with van der Waals surface area (Å²) in [5, 5.41) is 0. The Hall–Kier alpha value is -0.870. The Morgan fingerprint density at radius 2 is 1.91 bits per heavy atom. The van der Waals surface area contributed by atoms with Gasteiger partial charge in [-0.25, -0.2) is 0 Å². The van der Waals surface area contributed by atoms with Gasteiger partial charge in [0.1, 0.15) is 6.29 Å². The number of hydrogen-bond acceptors (Lipinski definition) is 2. The fourth-order valence-electron chi connectivity index (χ4n) is 0.488. The lowest BCUT2D eigenvalue weighted by atomic mass is 10.2. The first-order chi connectivity index (χ1) is 4.98. The normalized spacial score (nSPS) is 11.2. The topological polar surface area (TPSA) is 34.1 Å². The van der Waals surface area contributed by atoms with Crippen molar-refractivity contribution in [3.05, 3.63) is 0 Å². The molecule has 0 aliphatic rings. The molecule has 0 aromatic heterocycles. The van der Waals surface area contributed by atoms with E-state index in [0.717, 1.165) is 0 Å². The second kappa shape index (κ2) is 4.10. The number of halogens is 3. The van der Waals surface area contributed by atoms with Crippen molar-refractivity contribution < 1.29 is 22.8 Å². The first kappa shape index (κ1) is 10.1. The smallest absolute Gasteiger partial charge is 0.303 e. The summed E-state index contributed by atoms with van der Waals surface area (Å²) in [7, 11) is 0. The van der Waals surface area contributed by atoms with Crippen LogP contribution in [0.5, 0.6) is 0 Å². The first-order valence-corrected chi connectivity index (χ1v) is 3.02. The van der Waals surface area contributed by atoms with Crippen LogP contribution in [0.1, 0.15) is 19.3 Å². The van der Waals surface area contributed by atoms with E-state index >= 15 is 0 Å². The van der Waals surface area contributed by atoms with E-state index in [-0.39, 0.29) is 12.8 Å². The van der Waals surface area contributed by atoms with E-state index < -0.39 is 18.4 Å². The van der Waals surface area contributed by atoms with Crippen molar-refractivity contribution in [1.82, 2.24) is 0 Å². The average Bonchev–Trinajstić information content (AvgIpc) is 1.86. The van der Waals surface area contributed by atoms with E-state index in [0.29, 0.717) is 6.29 Å². The van der Waals surface area contributed by atoms with Gasteiger partial charge in [-0.2, -0.15) is 13.2 Å². The van der Waals surface area contributed by atoms with Crippen LogP contribution in [0.25, 0.3) is 0 Å². The van der Waals surface area contributed by atoms with Crippen molar-refractivity contribution in [3.8, 4) is 0 Å². The molecule has 0 aromatic carbocycles. The molecule has 2 nitrogen and oxygen atoms in total. The Morgan fingerprint density at radius 3 is 2.27 bits per heavy atom. The third-order valence-corrected chi connectivity index (χ3v) is 1.04. The molecule has 0 aliphatic carbocycles. The number of alkyl halides is 3. The van der Waals surface area contributed by atoms with Crippen molar-refractivity contribution in [3.63, 3.8) is 0 Å². The summed E-state index contributed by atoms with van der Waals surface area (Å²) < 4.78 is 34.3. The SMILES string of the molecule is O=CCCCC(=O)C(F)(F)F. The van der Waals surface area contributed by atoms with Gasteiger partial charge in [-0.15, -0.1) is 0 Å². The number of aldehydes is 1. The molecule has 0 bridgehead atoms. The third kappa shape index (κ3) is 4.52. The van der Waals surface area contributed by atoms with Gasteiger partial charge in [0.15, 0.2) is 0 Å².